The van der Waals surface area contributed by atoms with E-state index in [0.29, 0.717) is 88.8 Å². The van der Waals surface area contributed by atoms with Crippen LogP contribution in [0.25, 0.3) is 22.0 Å². The highest BCUT2D eigenvalue weighted by atomic mass is 32.3. The summed E-state index contributed by atoms with van der Waals surface area (Å²) in [6.45, 7) is 1.50. The Bertz CT molecular complexity index is 1930. The molecule has 2 fully saturated rings. The Balaban J connectivity index is 1.22. The highest BCUT2D eigenvalue weighted by Gasteiger charge is 2.55. The monoisotopic (exact) mass is 662 g/mol. The fourth-order valence-electron chi connectivity index (χ4n) is 5.36. The minimum Gasteiger partial charge on any atom is -0.495 e. The van der Waals surface area contributed by atoms with E-state index in [1.165, 1.54) is 25.3 Å². The van der Waals surface area contributed by atoms with E-state index < -0.39 is 39.6 Å². The average molecular weight is 663 g/mol. The van der Waals surface area contributed by atoms with Crippen LogP contribution in [0.1, 0.15) is 18.4 Å². The van der Waals surface area contributed by atoms with Crippen LogP contribution in [0.5, 0.6) is 17.2 Å². The number of nitrogens with zero attached hydrogens (tertiary/aromatic N) is 2. The van der Waals surface area contributed by atoms with E-state index in [-0.39, 0.29) is 5.75 Å². The minimum atomic E-state index is -2.49. The summed E-state index contributed by atoms with van der Waals surface area (Å²) in [5.41, 5.74) is 6.27. The largest absolute Gasteiger partial charge is 0.495 e. The molecule has 2 heterocycles. The maximum absolute atomic E-state index is 14.7. The van der Waals surface area contributed by atoms with Gasteiger partial charge in [-0.15, -0.1) is 0 Å². The number of aromatic nitrogens is 1. The van der Waals surface area contributed by atoms with E-state index in [4.69, 9.17) is 15.2 Å². The number of rotatable bonds is 8. The molecule has 4 aromatic rings. The predicted molar refractivity (Wildman–Crippen MR) is 176 cm³/mol. The number of hydrogen-bond acceptors (Lipinski definition) is 8. The van der Waals surface area contributed by atoms with Crippen LogP contribution in [0, 0.1) is 29.0 Å². The fraction of sp³-hybridized carbons (Fsp3) is 0.265. The van der Waals surface area contributed by atoms with Gasteiger partial charge < -0.3 is 20.5 Å². The summed E-state index contributed by atoms with van der Waals surface area (Å²) >= 11 is 0. The van der Waals surface area contributed by atoms with Gasteiger partial charge in [-0.3, -0.25) is 23.6 Å². The zero-order valence-corrected chi connectivity index (χ0v) is 26.2. The number of hydrogen-bond donors (Lipinski definition) is 4. The molecule has 10 nitrogen and oxygen atoms in total. The molecular weight excluding hydrogens is 630 g/mol. The maximum atomic E-state index is 14.7. The lowest BCUT2D eigenvalue weighted by atomic mass is 10.0. The van der Waals surface area contributed by atoms with Crippen molar-refractivity contribution in [3.63, 3.8) is 0 Å². The second kappa shape index (κ2) is 12.8. The average Bonchev–Trinajstić information content (AvgIpc) is 3.86. The van der Waals surface area contributed by atoms with Gasteiger partial charge >= 0.3 is 0 Å². The Hall–Kier alpha value is -4.74. The summed E-state index contributed by atoms with van der Waals surface area (Å²) in [7, 11) is -0.992. The molecule has 0 atom stereocenters. The molecule has 0 unspecified atom stereocenters. The van der Waals surface area contributed by atoms with Crippen LogP contribution >= 0.6 is 10.6 Å². The predicted octanol–water partition coefficient (Wildman–Crippen LogP) is 5.60. The van der Waals surface area contributed by atoms with Crippen LogP contribution < -0.4 is 20.5 Å². The Morgan fingerprint density at radius 1 is 1.04 bits per heavy atom. The SMILES string of the molecule is COc1cc2c(Oc3ccc(-c4cc(F)ccc4NC(=O)C4(C(N)=O)CC4)cc3)cc(F)nc2cc1C#CCN1CCS(O)(O)CC1. The normalized spacial score (nSPS) is 17.2. The van der Waals surface area contributed by atoms with Crippen molar-refractivity contribution in [2.24, 2.45) is 11.1 Å². The Labute approximate surface area is 271 Å². The molecule has 0 spiro atoms. The van der Waals surface area contributed by atoms with Crippen molar-refractivity contribution in [3.8, 4) is 40.2 Å². The highest BCUT2D eigenvalue weighted by Crippen LogP contribution is 2.47. The summed E-state index contributed by atoms with van der Waals surface area (Å²) in [6, 6.07) is 14.9. The molecule has 1 aliphatic carbocycles. The molecular formula is C34H32F2N4O6S. The van der Waals surface area contributed by atoms with Gasteiger partial charge in [-0.25, -0.2) is 9.37 Å². The van der Waals surface area contributed by atoms with Crippen molar-refractivity contribution >= 4 is 39.0 Å². The summed E-state index contributed by atoms with van der Waals surface area (Å²) in [5, 5.41) is 3.21. The summed E-state index contributed by atoms with van der Waals surface area (Å²) < 4.78 is 60.2. The fourth-order valence-corrected chi connectivity index (χ4v) is 6.66. The smallest absolute Gasteiger partial charge is 0.240 e. The third-order valence-corrected chi connectivity index (χ3v) is 10.0. The highest BCUT2D eigenvalue weighted by molar-refractivity contribution is 8.24. The molecule has 0 radical (unpaired) electrons. The summed E-state index contributed by atoms with van der Waals surface area (Å²) in [5.74, 6) is 5.27. The minimum absolute atomic E-state index is 0.185. The first-order chi connectivity index (χ1) is 22.5. The van der Waals surface area contributed by atoms with Crippen molar-refractivity contribution in [3.05, 3.63) is 78.0 Å². The quantitative estimate of drug-likeness (QED) is 0.108. The number of amides is 2. The van der Waals surface area contributed by atoms with Crippen LogP contribution in [0.15, 0.2) is 60.7 Å². The van der Waals surface area contributed by atoms with E-state index in [1.54, 1.807) is 36.4 Å². The molecule has 6 rings (SSSR count). The number of carbonyl (C=O) groups excluding carboxylic acids is 2. The molecule has 1 saturated carbocycles. The number of anilines is 1. The third kappa shape index (κ3) is 7.01. The van der Waals surface area contributed by atoms with Crippen molar-refractivity contribution in [1.29, 1.82) is 0 Å². The number of ether oxygens (including phenoxy) is 2. The molecule has 0 bridgehead atoms. The van der Waals surface area contributed by atoms with E-state index in [9.17, 15) is 27.5 Å². The summed E-state index contributed by atoms with van der Waals surface area (Å²) in [4.78, 5) is 30.7. The van der Waals surface area contributed by atoms with Crippen molar-refractivity contribution in [2.45, 2.75) is 12.8 Å². The zero-order chi connectivity index (χ0) is 33.3. The number of primary amides is 1. The second-order valence-corrected chi connectivity index (χ2v) is 13.9. The number of nitrogens with two attached hydrogens (primary N) is 1. The number of benzene rings is 3. The van der Waals surface area contributed by atoms with Gasteiger partial charge in [0.1, 0.15) is 28.5 Å². The van der Waals surface area contributed by atoms with Crippen LogP contribution in [0.2, 0.25) is 0 Å². The summed E-state index contributed by atoms with van der Waals surface area (Å²) in [6.07, 6.45) is 0.722. The molecule has 1 aliphatic heterocycles. The number of fused-ring (bicyclic) bond motifs is 1. The zero-order valence-electron chi connectivity index (χ0n) is 25.4. The Morgan fingerprint density at radius 2 is 1.77 bits per heavy atom. The lowest BCUT2D eigenvalue weighted by molar-refractivity contribution is -0.132. The van der Waals surface area contributed by atoms with Gasteiger partial charge in [-0.1, -0.05) is 24.0 Å². The first kappa shape index (κ1) is 32.2. The second-order valence-electron chi connectivity index (χ2n) is 11.5. The van der Waals surface area contributed by atoms with Crippen molar-refractivity contribution < 1.29 is 36.9 Å². The number of nitrogens with one attached hydrogen (secondary N) is 1. The molecule has 244 valence electrons. The molecule has 3 aromatic carbocycles. The number of pyridine rings is 1. The molecule has 13 heteroatoms. The molecule has 5 N–H and O–H groups in total. The first-order valence-electron chi connectivity index (χ1n) is 14.8. The van der Waals surface area contributed by atoms with Gasteiger partial charge in [0.2, 0.25) is 17.8 Å². The standard InChI is InChI=1S/C34H32F2N4O6S/c1-45-29-19-26-28(17-22(29)3-2-12-40-13-15-47(43,44)16-14-40)38-31(36)20-30(26)46-24-7-4-21(5-8-24)25-18-23(35)6-9-27(25)39-33(42)34(10-11-34)32(37)41/h4-9,17-20,43-44H,10-16H2,1H3,(H2,37,41)(H,39,42). The third-order valence-electron chi connectivity index (χ3n) is 8.33. The molecule has 2 aliphatic rings. The van der Waals surface area contributed by atoms with Gasteiger partial charge in [0, 0.05) is 35.8 Å². The van der Waals surface area contributed by atoms with E-state index in [1.807, 2.05) is 4.90 Å². The van der Waals surface area contributed by atoms with Crippen molar-refractivity contribution in [2.75, 3.05) is 43.6 Å². The van der Waals surface area contributed by atoms with Gasteiger partial charge in [-0.05, 0) is 60.9 Å². The topological polar surface area (TPSA) is 147 Å². The molecule has 2 amide bonds. The van der Waals surface area contributed by atoms with Gasteiger partial charge in [0.15, 0.2) is 0 Å². The van der Waals surface area contributed by atoms with Crippen molar-refractivity contribution in [1.82, 2.24) is 9.88 Å². The van der Waals surface area contributed by atoms with Gasteiger partial charge in [0.05, 0.1) is 36.2 Å². The lowest BCUT2D eigenvalue weighted by Crippen LogP contribution is -2.38. The van der Waals surface area contributed by atoms with Crippen LogP contribution in [0.4, 0.5) is 14.5 Å². The number of carbonyl (C=O) groups is 2. The van der Waals surface area contributed by atoms with Crippen LogP contribution in [-0.2, 0) is 9.59 Å². The number of methoxy groups -OCH3 is 1. The van der Waals surface area contributed by atoms with E-state index in [2.05, 4.69) is 22.1 Å². The lowest BCUT2D eigenvalue weighted by Gasteiger charge is -2.40. The Morgan fingerprint density at radius 3 is 2.43 bits per heavy atom. The van der Waals surface area contributed by atoms with Gasteiger partial charge in [-0.2, -0.15) is 15.0 Å². The molecule has 1 aromatic heterocycles. The Kier molecular flexibility index (Phi) is 8.78. The number of halogens is 2. The molecule has 1 saturated heterocycles. The maximum Gasteiger partial charge on any atom is 0.240 e. The van der Waals surface area contributed by atoms with Crippen LogP contribution in [0.3, 0.4) is 0 Å². The van der Waals surface area contributed by atoms with E-state index in [0.717, 1.165) is 6.07 Å². The van der Waals surface area contributed by atoms with E-state index >= 15 is 0 Å². The first-order valence-corrected chi connectivity index (χ1v) is 16.7. The van der Waals surface area contributed by atoms with Crippen LogP contribution in [-0.4, -0.2) is 69.1 Å². The van der Waals surface area contributed by atoms with Gasteiger partial charge in [0.25, 0.3) is 0 Å². The molecule has 47 heavy (non-hydrogen) atoms.